The first-order chi connectivity index (χ1) is 9.63. The summed E-state index contributed by atoms with van der Waals surface area (Å²) in [6.45, 7) is 3.90. The smallest absolute Gasteiger partial charge is 0.251 e. The molecule has 1 aliphatic carbocycles. The normalized spacial score (nSPS) is 14.4. The third kappa shape index (κ3) is 3.34. The van der Waals surface area contributed by atoms with Crippen LogP contribution in [0.25, 0.3) is 0 Å². The monoisotopic (exact) mass is 273 g/mol. The van der Waals surface area contributed by atoms with Gasteiger partial charge in [0.05, 0.1) is 11.7 Å². The Hall–Kier alpha value is -1.93. The number of fused-ring (bicyclic) bond motifs is 1. The average molecular weight is 273 g/mol. The molecule has 0 bridgehead atoms. The number of amides is 1. The summed E-state index contributed by atoms with van der Waals surface area (Å²) < 4.78 is 5.37. The van der Waals surface area contributed by atoms with Crippen molar-refractivity contribution in [1.29, 1.82) is 5.26 Å². The van der Waals surface area contributed by atoms with E-state index in [4.69, 9.17) is 10.00 Å². The SMILES string of the molecule is CCC(C)OCC(=O)Nc1nc2c(cc1C#N)CCC2. The highest BCUT2D eigenvalue weighted by Crippen LogP contribution is 2.24. The molecule has 1 unspecified atom stereocenters. The second-order valence-electron chi connectivity index (χ2n) is 5.03. The van der Waals surface area contributed by atoms with Crippen LogP contribution < -0.4 is 5.32 Å². The Labute approximate surface area is 119 Å². The summed E-state index contributed by atoms with van der Waals surface area (Å²) in [5.41, 5.74) is 2.53. The van der Waals surface area contributed by atoms with Gasteiger partial charge in [0.15, 0.2) is 5.82 Å². The third-order valence-corrected chi connectivity index (χ3v) is 3.50. The van der Waals surface area contributed by atoms with Crippen molar-refractivity contribution < 1.29 is 9.53 Å². The fourth-order valence-electron chi connectivity index (χ4n) is 2.16. The molecule has 5 nitrogen and oxygen atoms in total. The van der Waals surface area contributed by atoms with Gasteiger partial charge in [0.1, 0.15) is 12.7 Å². The van der Waals surface area contributed by atoms with Gasteiger partial charge in [0.25, 0.3) is 5.91 Å². The van der Waals surface area contributed by atoms with E-state index in [0.29, 0.717) is 11.4 Å². The van der Waals surface area contributed by atoms with Crippen LogP contribution in [0.5, 0.6) is 0 Å². The lowest BCUT2D eigenvalue weighted by molar-refractivity contribution is -0.122. The van der Waals surface area contributed by atoms with Gasteiger partial charge in [-0.15, -0.1) is 0 Å². The highest BCUT2D eigenvalue weighted by atomic mass is 16.5. The number of rotatable bonds is 5. The predicted octanol–water partition coefficient (Wildman–Crippen LogP) is 2.20. The molecule has 1 aliphatic rings. The van der Waals surface area contributed by atoms with Gasteiger partial charge in [-0.25, -0.2) is 4.98 Å². The minimum atomic E-state index is -0.271. The molecule has 0 spiro atoms. The van der Waals surface area contributed by atoms with E-state index in [-0.39, 0.29) is 18.6 Å². The molecule has 0 radical (unpaired) electrons. The molecule has 1 aromatic heterocycles. The quantitative estimate of drug-likeness (QED) is 0.892. The van der Waals surface area contributed by atoms with E-state index < -0.39 is 0 Å². The minimum absolute atomic E-state index is 0.0152. The lowest BCUT2D eigenvalue weighted by Crippen LogP contribution is -2.22. The van der Waals surface area contributed by atoms with Crippen LogP contribution in [-0.4, -0.2) is 23.6 Å². The van der Waals surface area contributed by atoms with Crippen molar-refractivity contribution in [1.82, 2.24) is 4.98 Å². The van der Waals surface area contributed by atoms with Gasteiger partial charge in [0, 0.05) is 5.69 Å². The molecular weight excluding hydrogens is 254 g/mol. The summed E-state index contributed by atoms with van der Waals surface area (Å²) in [6, 6.07) is 3.92. The number of carbonyl (C=O) groups is 1. The number of aromatic nitrogens is 1. The van der Waals surface area contributed by atoms with E-state index in [1.807, 2.05) is 19.9 Å². The van der Waals surface area contributed by atoms with Crippen LogP contribution >= 0.6 is 0 Å². The largest absolute Gasteiger partial charge is 0.369 e. The lowest BCUT2D eigenvalue weighted by Gasteiger charge is -2.11. The lowest BCUT2D eigenvalue weighted by atomic mass is 10.1. The van der Waals surface area contributed by atoms with E-state index in [1.165, 1.54) is 0 Å². The van der Waals surface area contributed by atoms with Crippen molar-refractivity contribution in [3.05, 3.63) is 22.9 Å². The maximum Gasteiger partial charge on any atom is 0.251 e. The maximum atomic E-state index is 11.8. The number of aryl methyl sites for hydroxylation is 2. The number of nitriles is 1. The topological polar surface area (TPSA) is 75.0 Å². The van der Waals surface area contributed by atoms with Gasteiger partial charge in [-0.05, 0) is 44.2 Å². The zero-order chi connectivity index (χ0) is 14.5. The molecule has 0 aromatic carbocycles. The van der Waals surface area contributed by atoms with Gasteiger partial charge in [-0.1, -0.05) is 6.92 Å². The van der Waals surface area contributed by atoms with E-state index in [2.05, 4.69) is 16.4 Å². The Kier molecular flexibility index (Phi) is 4.70. The molecule has 0 aliphatic heterocycles. The molecule has 1 amide bonds. The number of hydrogen-bond acceptors (Lipinski definition) is 4. The molecule has 1 atom stereocenters. The van der Waals surface area contributed by atoms with Crippen LogP contribution in [0.2, 0.25) is 0 Å². The van der Waals surface area contributed by atoms with E-state index >= 15 is 0 Å². The van der Waals surface area contributed by atoms with Crippen molar-refractivity contribution >= 4 is 11.7 Å². The first kappa shape index (κ1) is 14.5. The van der Waals surface area contributed by atoms with Gasteiger partial charge in [0.2, 0.25) is 0 Å². The number of ether oxygens (including phenoxy) is 1. The summed E-state index contributed by atoms with van der Waals surface area (Å²) in [7, 11) is 0. The molecular formula is C15H19N3O2. The Bertz CT molecular complexity index is 549. The molecule has 20 heavy (non-hydrogen) atoms. The van der Waals surface area contributed by atoms with Crippen LogP contribution in [0.1, 0.15) is 43.5 Å². The second-order valence-corrected chi connectivity index (χ2v) is 5.03. The van der Waals surface area contributed by atoms with Crippen LogP contribution in [0.15, 0.2) is 6.07 Å². The molecule has 0 fully saturated rings. The Morgan fingerprint density at radius 2 is 2.40 bits per heavy atom. The first-order valence-corrected chi connectivity index (χ1v) is 6.98. The number of hydrogen-bond donors (Lipinski definition) is 1. The maximum absolute atomic E-state index is 11.8. The standard InChI is InChI=1S/C15H19N3O2/c1-3-10(2)20-9-14(19)18-15-12(8-16)7-11-5-4-6-13(11)17-15/h7,10H,3-6,9H2,1-2H3,(H,17,18,19). The Morgan fingerprint density at radius 1 is 1.60 bits per heavy atom. The van der Waals surface area contributed by atoms with Gasteiger partial charge in [-0.3, -0.25) is 4.79 Å². The fraction of sp³-hybridized carbons (Fsp3) is 0.533. The number of pyridine rings is 1. The van der Waals surface area contributed by atoms with E-state index in [0.717, 1.165) is 36.9 Å². The predicted molar refractivity (Wildman–Crippen MR) is 75.3 cm³/mol. The van der Waals surface area contributed by atoms with Crippen LogP contribution in [0.4, 0.5) is 5.82 Å². The highest BCUT2D eigenvalue weighted by Gasteiger charge is 2.17. The van der Waals surface area contributed by atoms with E-state index in [9.17, 15) is 4.79 Å². The van der Waals surface area contributed by atoms with Gasteiger partial charge < -0.3 is 10.1 Å². The van der Waals surface area contributed by atoms with Crippen molar-refractivity contribution in [2.24, 2.45) is 0 Å². The Balaban J connectivity index is 2.05. The van der Waals surface area contributed by atoms with Crippen molar-refractivity contribution in [2.75, 3.05) is 11.9 Å². The number of nitrogens with zero attached hydrogens (tertiary/aromatic N) is 2. The van der Waals surface area contributed by atoms with Crippen LogP contribution in [0.3, 0.4) is 0 Å². The fourth-order valence-corrected chi connectivity index (χ4v) is 2.16. The van der Waals surface area contributed by atoms with Crippen molar-refractivity contribution in [3.63, 3.8) is 0 Å². The molecule has 106 valence electrons. The highest BCUT2D eigenvalue weighted by molar-refractivity contribution is 5.92. The van der Waals surface area contributed by atoms with Crippen molar-refractivity contribution in [2.45, 2.75) is 45.6 Å². The summed E-state index contributed by atoms with van der Waals surface area (Å²) in [5.74, 6) is 0.0816. The Morgan fingerprint density at radius 3 is 3.10 bits per heavy atom. The van der Waals surface area contributed by atoms with Gasteiger partial charge >= 0.3 is 0 Å². The number of nitrogens with one attached hydrogen (secondary N) is 1. The summed E-state index contributed by atoms with van der Waals surface area (Å²) in [6.07, 6.45) is 3.83. The molecule has 1 heterocycles. The van der Waals surface area contributed by atoms with E-state index in [1.54, 1.807) is 0 Å². The average Bonchev–Trinajstić information content (AvgIpc) is 2.90. The molecule has 1 aromatic rings. The first-order valence-electron chi connectivity index (χ1n) is 6.98. The van der Waals surface area contributed by atoms with Crippen molar-refractivity contribution in [3.8, 4) is 6.07 Å². The molecule has 0 saturated carbocycles. The summed E-state index contributed by atoms with van der Waals surface area (Å²) >= 11 is 0. The number of anilines is 1. The zero-order valence-corrected chi connectivity index (χ0v) is 11.9. The second kappa shape index (κ2) is 6.49. The van der Waals surface area contributed by atoms with Crippen LogP contribution in [-0.2, 0) is 22.4 Å². The molecule has 1 N–H and O–H groups in total. The molecule has 5 heteroatoms. The number of carbonyl (C=O) groups excluding carboxylic acids is 1. The summed E-state index contributed by atoms with van der Waals surface area (Å²) in [5, 5.41) is 11.8. The van der Waals surface area contributed by atoms with Crippen LogP contribution in [0, 0.1) is 11.3 Å². The zero-order valence-electron chi connectivity index (χ0n) is 11.9. The molecule has 2 rings (SSSR count). The minimum Gasteiger partial charge on any atom is -0.369 e. The molecule has 0 saturated heterocycles. The summed E-state index contributed by atoms with van der Waals surface area (Å²) in [4.78, 5) is 16.2. The van der Waals surface area contributed by atoms with Gasteiger partial charge in [-0.2, -0.15) is 5.26 Å². The third-order valence-electron chi connectivity index (χ3n) is 3.50.